The van der Waals surface area contributed by atoms with E-state index in [0.29, 0.717) is 18.1 Å². The molecule has 25 heavy (non-hydrogen) atoms. The van der Waals surface area contributed by atoms with Gasteiger partial charge in [0.25, 0.3) is 5.91 Å². The van der Waals surface area contributed by atoms with Crippen molar-refractivity contribution in [2.45, 2.75) is 69.0 Å². The molecule has 4 nitrogen and oxygen atoms in total. The van der Waals surface area contributed by atoms with Crippen LogP contribution in [0.1, 0.15) is 42.0 Å². The Morgan fingerprint density at radius 1 is 0.760 bits per heavy atom. The molecule has 6 aliphatic rings. The first-order valence-corrected chi connectivity index (χ1v) is 10.0. The Balaban J connectivity index is 1.60. The summed E-state index contributed by atoms with van der Waals surface area (Å²) in [5, 5.41) is 0. The van der Waals surface area contributed by atoms with E-state index < -0.39 is 0 Å². The Morgan fingerprint density at radius 3 is 2.08 bits per heavy atom. The van der Waals surface area contributed by atoms with Gasteiger partial charge in [-0.1, -0.05) is 6.08 Å². The third-order valence-electron chi connectivity index (χ3n) is 7.97. The Bertz CT molecular complexity index is 988. The lowest BCUT2D eigenvalue weighted by molar-refractivity contribution is -0.207. The fraction of sp³-hybridized carbons (Fsp3) is 0.524. The normalized spacial score (nSPS) is 38.6. The van der Waals surface area contributed by atoms with Gasteiger partial charge in [0.2, 0.25) is 0 Å². The van der Waals surface area contributed by atoms with E-state index in [4.69, 9.17) is 0 Å². The molecule has 0 saturated carbocycles. The topological polar surface area (TPSA) is 16.3 Å². The maximum atomic E-state index is 2.95. The molecule has 0 radical (unpaired) electrons. The number of allylic oxidation sites excluding steroid dienone is 1. The van der Waals surface area contributed by atoms with Crippen LogP contribution >= 0.6 is 0 Å². The minimum absolute atomic E-state index is 0.103. The van der Waals surface area contributed by atoms with Gasteiger partial charge >= 0.3 is 0 Å². The van der Waals surface area contributed by atoms with Crippen LogP contribution in [0.5, 0.6) is 0 Å². The van der Waals surface area contributed by atoms with Crippen LogP contribution in [0.3, 0.4) is 0 Å². The number of hydrogen-bond donors (Lipinski definition) is 0. The van der Waals surface area contributed by atoms with Crippen molar-refractivity contribution < 1.29 is 0 Å². The van der Waals surface area contributed by atoms with Crippen LogP contribution in [0.4, 0.5) is 0 Å². The monoisotopic (exact) mass is 330 g/mol. The van der Waals surface area contributed by atoms with Gasteiger partial charge < -0.3 is 4.90 Å². The maximum Gasteiger partial charge on any atom is 0.264 e. The minimum Gasteiger partial charge on any atom is -0.318 e. The molecule has 1 fully saturated rings. The van der Waals surface area contributed by atoms with Crippen molar-refractivity contribution in [3.8, 4) is 0 Å². The molecule has 2 aromatic heterocycles. The molecule has 0 aromatic carbocycles. The van der Waals surface area contributed by atoms with Gasteiger partial charge in [0.05, 0.1) is 0 Å². The summed E-state index contributed by atoms with van der Waals surface area (Å²) in [6.45, 7) is 0. The lowest BCUT2D eigenvalue weighted by Gasteiger charge is -2.65. The number of rotatable bonds is 0. The first-order chi connectivity index (χ1) is 12.4. The van der Waals surface area contributed by atoms with Gasteiger partial charge in [0.1, 0.15) is 0 Å². The smallest absolute Gasteiger partial charge is 0.264 e. The summed E-state index contributed by atoms with van der Waals surface area (Å²) >= 11 is 0. The Kier molecular flexibility index (Phi) is 1.79. The second kappa shape index (κ2) is 3.61. The van der Waals surface area contributed by atoms with Crippen molar-refractivity contribution in [1.29, 1.82) is 0 Å². The third-order valence-corrected chi connectivity index (χ3v) is 7.97. The molecule has 8 heterocycles. The zero-order valence-electron chi connectivity index (χ0n) is 14.4. The fourth-order valence-corrected chi connectivity index (χ4v) is 7.35. The highest BCUT2D eigenvalue weighted by atomic mass is 15.7. The van der Waals surface area contributed by atoms with Gasteiger partial charge in [-0.15, -0.1) is 0 Å². The van der Waals surface area contributed by atoms with Gasteiger partial charge in [-0.3, -0.25) is 9.13 Å². The van der Waals surface area contributed by atoms with E-state index in [0.717, 1.165) is 6.42 Å². The molecular formula is C21H22N4. The molecule has 6 aliphatic heterocycles. The van der Waals surface area contributed by atoms with E-state index in [1.807, 2.05) is 0 Å². The zero-order chi connectivity index (χ0) is 15.9. The van der Waals surface area contributed by atoms with Gasteiger partial charge in [-0.25, -0.2) is 4.90 Å². The molecule has 0 bridgehead atoms. The largest absolute Gasteiger partial charge is 0.318 e. The van der Waals surface area contributed by atoms with Crippen LogP contribution < -0.4 is 0 Å². The van der Waals surface area contributed by atoms with Crippen molar-refractivity contribution in [2.75, 3.05) is 0 Å². The lowest BCUT2D eigenvalue weighted by atomic mass is 9.96. The van der Waals surface area contributed by atoms with Gasteiger partial charge in [-0.2, -0.15) is 0 Å². The van der Waals surface area contributed by atoms with Crippen LogP contribution in [0.2, 0.25) is 0 Å². The van der Waals surface area contributed by atoms with Gasteiger partial charge in [-0.05, 0) is 43.5 Å². The standard InChI is InChI=1S/C21H22N4/c1-2-14-10-16-5-6-18-12-20-8-7-19-11-17-4-3-15-9-13(1)22(14)21(23(15)17,24(16)18)25(19)20/h1-3,7-8,16-18H,4-6,9-12H2/t16?,17?,18?,21-/m1/s1. The first-order valence-electron chi connectivity index (χ1n) is 10.0. The first kappa shape index (κ1) is 12.4. The van der Waals surface area contributed by atoms with Gasteiger partial charge in [0, 0.05) is 72.3 Å². The van der Waals surface area contributed by atoms with Crippen LogP contribution in [0.15, 0.2) is 36.0 Å². The molecule has 1 spiro atoms. The molecule has 126 valence electrons. The number of aromatic nitrogens is 2. The van der Waals surface area contributed by atoms with E-state index in [1.54, 1.807) is 22.8 Å². The molecular weight excluding hydrogens is 308 g/mol. The van der Waals surface area contributed by atoms with Crippen LogP contribution in [0.25, 0.3) is 0 Å². The van der Waals surface area contributed by atoms with E-state index in [1.165, 1.54) is 44.2 Å². The number of hydrogen-bond acceptors (Lipinski definition) is 2. The Morgan fingerprint density at radius 2 is 1.36 bits per heavy atom. The Hall–Kier alpha value is -1.94. The highest BCUT2D eigenvalue weighted by Gasteiger charge is 2.65. The predicted molar refractivity (Wildman–Crippen MR) is 94.0 cm³/mol. The molecule has 3 unspecified atom stereocenters. The molecule has 8 rings (SSSR count). The molecule has 0 aliphatic carbocycles. The van der Waals surface area contributed by atoms with Crippen LogP contribution in [-0.2, 0) is 31.6 Å². The average molecular weight is 330 g/mol. The highest BCUT2D eigenvalue weighted by Crippen LogP contribution is 2.56. The summed E-state index contributed by atoms with van der Waals surface area (Å²) in [5.41, 5.74) is 7.80. The predicted octanol–water partition coefficient (Wildman–Crippen LogP) is 2.42. The van der Waals surface area contributed by atoms with E-state index in [2.05, 4.69) is 49.3 Å². The maximum absolute atomic E-state index is 2.95. The average Bonchev–Trinajstić information content (AvgIpc) is 3.38. The van der Waals surface area contributed by atoms with Crippen molar-refractivity contribution in [1.82, 2.24) is 18.9 Å². The zero-order valence-corrected chi connectivity index (χ0v) is 14.4. The summed E-state index contributed by atoms with van der Waals surface area (Å²) < 4.78 is 5.51. The fourth-order valence-electron chi connectivity index (χ4n) is 7.35. The second-order valence-corrected chi connectivity index (χ2v) is 8.94. The second-order valence-electron chi connectivity index (χ2n) is 8.94. The molecule has 1 saturated heterocycles. The summed E-state index contributed by atoms with van der Waals surface area (Å²) in [6, 6.07) is 11.8. The van der Waals surface area contributed by atoms with E-state index in [-0.39, 0.29) is 5.91 Å². The van der Waals surface area contributed by atoms with Crippen LogP contribution in [0, 0.1) is 0 Å². The van der Waals surface area contributed by atoms with Crippen molar-refractivity contribution in [2.24, 2.45) is 0 Å². The van der Waals surface area contributed by atoms with Crippen molar-refractivity contribution in [3.63, 3.8) is 0 Å². The molecule has 4 heteroatoms. The Labute approximate surface area is 147 Å². The van der Waals surface area contributed by atoms with E-state index in [9.17, 15) is 0 Å². The van der Waals surface area contributed by atoms with Crippen LogP contribution in [-0.4, -0.2) is 37.1 Å². The molecule has 0 N–H and O–H groups in total. The lowest BCUT2D eigenvalue weighted by Crippen LogP contribution is -2.77. The molecule has 2 aromatic rings. The summed E-state index contributed by atoms with van der Waals surface area (Å²) in [7, 11) is 0. The van der Waals surface area contributed by atoms with Gasteiger partial charge in [0.15, 0.2) is 0 Å². The summed E-state index contributed by atoms with van der Waals surface area (Å²) in [5.74, 6) is -0.103. The van der Waals surface area contributed by atoms with Crippen molar-refractivity contribution >= 4 is 0 Å². The minimum atomic E-state index is -0.103. The summed E-state index contributed by atoms with van der Waals surface area (Å²) in [4.78, 5) is 5.80. The highest BCUT2D eigenvalue weighted by molar-refractivity contribution is 5.40. The SMILES string of the molecule is C1=C2Cc3ccc4n3[C@]35N2C(C1)Cc1ccc(n13)CC1CCC(C4)N15. The molecule has 0 amide bonds. The van der Waals surface area contributed by atoms with E-state index >= 15 is 0 Å². The quantitative estimate of drug-likeness (QED) is 0.738. The summed E-state index contributed by atoms with van der Waals surface area (Å²) in [6.07, 6.45) is 11.3. The third kappa shape index (κ3) is 1.09. The van der Waals surface area contributed by atoms with Crippen molar-refractivity contribution in [3.05, 3.63) is 58.8 Å². The number of nitrogens with zero attached hydrogens (tertiary/aromatic N) is 4. The molecule has 4 atom stereocenters.